The zero-order chi connectivity index (χ0) is 13.5. The van der Waals surface area contributed by atoms with Crippen molar-refractivity contribution in [1.29, 1.82) is 0 Å². The second-order valence-electron chi connectivity index (χ2n) is 5.10. The standard InChI is InChI=1S/C17H24O/c1-13(12-18)10-11-14(2)15(3)16(4)17-8-6-5-7-9-17/h5-10,14-15,18H,4,11-12H2,1-3H3. The highest BCUT2D eigenvalue weighted by molar-refractivity contribution is 5.65. The molecule has 0 bridgehead atoms. The van der Waals surface area contributed by atoms with Gasteiger partial charge in [-0.05, 0) is 36.3 Å². The Morgan fingerprint density at radius 1 is 1.28 bits per heavy atom. The first-order chi connectivity index (χ1) is 8.56. The van der Waals surface area contributed by atoms with Crippen LogP contribution < -0.4 is 0 Å². The summed E-state index contributed by atoms with van der Waals surface area (Å²) in [7, 11) is 0. The fraction of sp³-hybridized carbons (Fsp3) is 0.412. The highest BCUT2D eigenvalue weighted by Gasteiger charge is 2.15. The van der Waals surface area contributed by atoms with Crippen molar-refractivity contribution in [2.24, 2.45) is 11.8 Å². The molecular formula is C17H24O. The van der Waals surface area contributed by atoms with Gasteiger partial charge in [0.1, 0.15) is 0 Å². The van der Waals surface area contributed by atoms with Gasteiger partial charge in [0.15, 0.2) is 0 Å². The van der Waals surface area contributed by atoms with Gasteiger partial charge in [-0.15, -0.1) is 0 Å². The van der Waals surface area contributed by atoms with E-state index in [1.54, 1.807) is 0 Å². The highest BCUT2D eigenvalue weighted by atomic mass is 16.3. The summed E-state index contributed by atoms with van der Waals surface area (Å²) < 4.78 is 0. The normalized spacial score (nSPS) is 15.2. The fourth-order valence-electron chi connectivity index (χ4n) is 1.91. The molecule has 98 valence electrons. The second-order valence-corrected chi connectivity index (χ2v) is 5.10. The smallest absolute Gasteiger partial charge is 0.0639 e. The minimum absolute atomic E-state index is 0.154. The SMILES string of the molecule is C=C(c1ccccc1)C(C)C(C)CC=C(C)CO. The summed E-state index contributed by atoms with van der Waals surface area (Å²) in [5.74, 6) is 0.967. The van der Waals surface area contributed by atoms with Crippen molar-refractivity contribution in [3.05, 3.63) is 54.1 Å². The van der Waals surface area contributed by atoms with Gasteiger partial charge in [0.25, 0.3) is 0 Å². The molecule has 1 N–H and O–H groups in total. The third kappa shape index (κ3) is 4.15. The van der Waals surface area contributed by atoms with Crippen molar-refractivity contribution in [3.63, 3.8) is 0 Å². The molecule has 0 aliphatic carbocycles. The predicted molar refractivity (Wildman–Crippen MR) is 79.3 cm³/mol. The molecule has 1 aromatic carbocycles. The maximum absolute atomic E-state index is 8.99. The monoisotopic (exact) mass is 244 g/mol. The Morgan fingerprint density at radius 2 is 1.89 bits per heavy atom. The van der Waals surface area contributed by atoms with Crippen molar-refractivity contribution in [3.8, 4) is 0 Å². The van der Waals surface area contributed by atoms with E-state index in [-0.39, 0.29) is 6.61 Å². The van der Waals surface area contributed by atoms with Crippen LogP contribution in [0.5, 0.6) is 0 Å². The lowest BCUT2D eigenvalue weighted by atomic mass is 9.84. The summed E-state index contributed by atoms with van der Waals surface area (Å²) in [5.41, 5.74) is 3.46. The van der Waals surface area contributed by atoms with Crippen molar-refractivity contribution in [2.45, 2.75) is 27.2 Å². The number of aliphatic hydroxyl groups is 1. The predicted octanol–water partition coefficient (Wildman–Crippen LogP) is 4.30. The second kappa shape index (κ2) is 7.17. The molecule has 0 aliphatic rings. The van der Waals surface area contributed by atoms with E-state index in [0.29, 0.717) is 11.8 Å². The molecular weight excluding hydrogens is 220 g/mol. The van der Waals surface area contributed by atoms with Crippen LogP contribution in [-0.2, 0) is 0 Å². The Labute approximate surface area is 111 Å². The van der Waals surface area contributed by atoms with E-state index in [2.05, 4.69) is 38.6 Å². The van der Waals surface area contributed by atoms with Gasteiger partial charge in [-0.2, -0.15) is 0 Å². The van der Waals surface area contributed by atoms with Crippen LogP contribution in [0, 0.1) is 11.8 Å². The van der Waals surface area contributed by atoms with E-state index < -0.39 is 0 Å². The molecule has 0 radical (unpaired) electrons. The minimum atomic E-state index is 0.154. The number of hydrogen-bond acceptors (Lipinski definition) is 1. The maximum Gasteiger partial charge on any atom is 0.0639 e. The molecule has 0 saturated heterocycles. The van der Waals surface area contributed by atoms with E-state index in [9.17, 15) is 0 Å². The largest absolute Gasteiger partial charge is 0.392 e. The van der Waals surface area contributed by atoms with E-state index in [4.69, 9.17) is 5.11 Å². The molecule has 0 spiro atoms. The van der Waals surface area contributed by atoms with Crippen molar-refractivity contribution in [2.75, 3.05) is 6.61 Å². The van der Waals surface area contributed by atoms with Crippen LogP contribution in [0.3, 0.4) is 0 Å². The summed E-state index contributed by atoms with van der Waals surface area (Å²) in [4.78, 5) is 0. The zero-order valence-electron chi connectivity index (χ0n) is 11.7. The third-order valence-corrected chi connectivity index (χ3v) is 3.64. The van der Waals surface area contributed by atoms with Crippen LogP contribution >= 0.6 is 0 Å². The molecule has 1 heteroatoms. The number of aliphatic hydroxyl groups excluding tert-OH is 1. The van der Waals surface area contributed by atoms with Gasteiger partial charge >= 0.3 is 0 Å². The topological polar surface area (TPSA) is 20.2 Å². The Hall–Kier alpha value is -1.34. The number of hydrogen-bond donors (Lipinski definition) is 1. The maximum atomic E-state index is 8.99. The lowest BCUT2D eigenvalue weighted by Crippen LogP contribution is -2.09. The Morgan fingerprint density at radius 3 is 2.44 bits per heavy atom. The van der Waals surface area contributed by atoms with Gasteiger partial charge in [0.2, 0.25) is 0 Å². The summed E-state index contributed by atoms with van der Waals surface area (Å²) in [6.45, 7) is 10.8. The third-order valence-electron chi connectivity index (χ3n) is 3.64. The van der Waals surface area contributed by atoms with Crippen LogP contribution in [-0.4, -0.2) is 11.7 Å². The lowest BCUT2D eigenvalue weighted by molar-refractivity contribution is 0.330. The first-order valence-corrected chi connectivity index (χ1v) is 6.57. The quantitative estimate of drug-likeness (QED) is 0.740. The van der Waals surface area contributed by atoms with Crippen LogP contribution in [0.4, 0.5) is 0 Å². The average molecular weight is 244 g/mol. The lowest BCUT2D eigenvalue weighted by Gasteiger charge is -2.21. The van der Waals surface area contributed by atoms with Gasteiger partial charge in [0.05, 0.1) is 6.61 Å². The van der Waals surface area contributed by atoms with Crippen molar-refractivity contribution < 1.29 is 5.11 Å². The van der Waals surface area contributed by atoms with E-state index in [1.165, 1.54) is 11.1 Å². The first-order valence-electron chi connectivity index (χ1n) is 6.57. The van der Waals surface area contributed by atoms with E-state index in [0.717, 1.165) is 12.0 Å². The number of benzene rings is 1. The van der Waals surface area contributed by atoms with Crippen LogP contribution in [0.15, 0.2) is 48.6 Å². The molecule has 1 nitrogen and oxygen atoms in total. The van der Waals surface area contributed by atoms with E-state index >= 15 is 0 Å². The molecule has 0 amide bonds. The fourth-order valence-corrected chi connectivity index (χ4v) is 1.91. The molecule has 1 aromatic rings. The van der Waals surface area contributed by atoms with Gasteiger partial charge in [-0.25, -0.2) is 0 Å². The number of rotatable bonds is 6. The summed E-state index contributed by atoms with van der Waals surface area (Å²) in [5, 5.41) is 8.99. The number of allylic oxidation sites excluding steroid dienone is 2. The van der Waals surface area contributed by atoms with Gasteiger partial charge < -0.3 is 5.11 Å². The molecule has 0 aliphatic heterocycles. The molecule has 0 heterocycles. The molecule has 2 atom stereocenters. The Balaban J connectivity index is 2.64. The summed E-state index contributed by atoms with van der Waals surface area (Å²) in [6.07, 6.45) is 3.11. The first kappa shape index (κ1) is 14.7. The molecule has 18 heavy (non-hydrogen) atoms. The Kier molecular flexibility index (Phi) is 5.87. The highest BCUT2D eigenvalue weighted by Crippen LogP contribution is 2.29. The van der Waals surface area contributed by atoms with Gasteiger partial charge in [0, 0.05) is 0 Å². The van der Waals surface area contributed by atoms with Crippen molar-refractivity contribution in [1.82, 2.24) is 0 Å². The van der Waals surface area contributed by atoms with Crippen LogP contribution in [0.2, 0.25) is 0 Å². The minimum Gasteiger partial charge on any atom is -0.392 e. The summed E-state index contributed by atoms with van der Waals surface area (Å²) >= 11 is 0. The van der Waals surface area contributed by atoms with Gasteiger partial charge in [-0.1, -0.05) is 62.4 Å². The molecule has 2 unspecified atom stereocenters. The average Bonchev–Trinajstić information content (AvgIpc) is 2.43. The van der Waals surface area contributed by atoms with Crippen molar-refractivity contribution >= 4 is 5.57 Å². The Bertz CT molecular complexity index is 403. The molecule has 0 saturated carbocycles. The van der Waals surface area contributed by atoms with Crippen LogP contribution in [0.25, 0.3) is 5.57 Å². The molecule has 0 fully saturated rings. The van der Waals surface area contributed by atoms with E-state index in [1.807, 2.05) is 25.1 Å². The molecule has 1 rings (SSSR count). The summed E-state index contributed by atoms with van der Waals surface area (Å²) in [6, 6.07) is 10.3. The van der Waals surface area contributed by atoms with Gasteiger partial charge in [-0.3, -0.25) is 0 Å². The van der Waals surface area contributed by atoms with Crippen LogP contribution in [0.1, 0.15) is 32.8 Å². The zero-order valence-corrected chi connectivity index (χ0v) is 11.7. The molecule has 0 aromatic heterocycles.